The fraction of sp³-hybridized carbons (Fsp3) is 0.263. The average molecular weight is 389 g/mol. The summed E-state index contributed by atoms with van der Waals surface area (Å²) in [6.45, 7) is 6.09. The van der Waals surface area contributed by atoms with Gasteiger partial charge in [-0.15, -0.1) is 0 Å². The van der Waals surface area contributed by atoms with E-state index in [9.17, 15) is 9.59 Å². The van der Waals surface area contributed by atoms with Gasteiger partial charge in [-0.25, -0.2) is 0 Å². The summed E-state index contributed by atoms with van der Waals surface area (Å²) in [4.78, 5) is 24.3. The molecule has 0 unspecified atom stereocenters. The normalized spacial score (nSPS) is 10.5. The second-order valence-electron chi connectivity index (χ2n) is 5.95. The molecule has 0 saturated carbocycles. The number of carbonyl (C=O) groups excluding carboxylic acids is 2. The van der Waals surface area contributed by atoms with Gasteiger partial charge in [-0.05, 0) is 52.0 Å². The van der Waals surface area contributed by atoms with E-state index in [0.29, 0.717) is 5.69 Å². The molecule has 0 fully saturated rings. The van der Waals surface area contributed by atoms with Crippen molar-refractivity contribution in [3.63, 3.8) is 0 Å². The van der Waals surface area contributed by atoms with E-state index in [1.165, 1.54) is 0 Å². The van der Waals surface area contributed by atoms with E-state index in [1.54, 1.807) is 6.07 Å². The number of rotatable bonds is 5. The lowest BCUT2D eigenvalue weighted by Gasteiger charge is -2.16. The maximum atomic E-state index is 12.2. The molecular weight excluding hydrogens is 368 g/mol. The van der Waals surface area contributed by atoms with Gasteiger partial charge in [0.25, 0.3) is 0 Å². The van der Waals surface area contributed by atoms with Crippen LogP contribution in [0.4, 0.5) is 11.4 Å². The molecular formula is C19H21BrN2O2. The zero-order valence-corrected chi connectivity index (χ0v) is 15.6. The number of nitrogens with one attached hydrogen (secondary N) is 2. The molecule has 0 aliphatic carbocycles. The van der Waals surface area contributed by atoms with Crippen LogP contribution < -0.4 is 10.6 Å². The van der Waals surface area contributed by atoms with E-state index in [1.807, 2.05) is 43.3 Å². The Bertz CT molecular complexity index is 757. The summed E-state index contributed by atoms with van der Waals surface area (Å²) >= 11 is 3.36. The molecule has 0 bridgehead atoms. The number of amides is 2. The quantitative estimate of drug-likeness (QED) is 0.719. The van der Waals surface area contributed by atoms with Crippen molar-refractivity contribution in [2.45, 2.75) is 33.1 Å². The van der Waals surface area contributed by atoms with Crippen molar-refractivity contribution < 1.29 is 9.59 Å². The number of para-hydroxylation sites is 2. The lowest BCUT2D eigenvalue weighted by molar-refractivity contribution is -0.123. The number of hydrogen-bond donors (Lipinski definition) is 2. The third-order valence-corrected chi connectivity index (χ3v) is 4.35. The van der Waals surface area contributed by atoms with E-state index in [2.05, 4.69) is 40.4 Å². The van der Waals surface area contributed by atoms with Crippen molar-refractivity contribution in [3.8, 4) is 0 Å². The highest BCUT2D eigenvalue weighted by Crippen LogP contribution is 2.27. The largest absolute Gasteiger partial charge is 0.325 e. The van der Waals surface area contributed by atoms with Crippen LogP contribution in [-0.4, -0.2) is 11.8 Å². The topological polar surface area (TPSA) is 58.2 Å². The Morgan fingerprint density at radius 1 is 1.00 bits per heavy atom. The highest BCUT2D eigenvalue weighted by molar-refractivity contribution is 9.10. The summed E-state index contributed by atoms with van der Waals surface area (Å²) in [5.74, 6) is -0.385. The predicted molar refractivity (Wildman–Crippen MR) is 101 cm³/mol. The molecule has 2 rings (SSSR count). The predicted octanol–water partition coefficient (Wildman–Crippen LogP) is 4.85. The first-order valence-corrected chi connectivity index (χ1v) is 8.61. The summed E-state index contributed by atoms with van der Waals surface area (Å²) in [5.41, 5.74) is 3.50. The van der Waals surface area contributed by atoms with Crippen LogP contribution in [0, 0.1) is 6.92 Å². The van der Waals surface area contributed by atoms with Crippen molar-refractivity contribution >= 4 is 39.1 Å². The van der Waals surface area contributed by atoms with Crippen LogP contribution in [0.5, 0.6) is 0 Å². The van der Waals surface area contributed by atoms with Crippen molar-refractivity contribution in [2.75, 3.05) is 10.6 Å². The van der Waals surface area contributed by atoms with Crippen LogP contribution in [0.3, 0.4) is 0 Å². The maximum Gasteiger partial charge on any atom is 0.233 e. The van der Waals surface area contributed by atoms with Crippen LogP contribution in [-0.2, 0) is 9.59 Å². The summed E-state index contributed by atoms with van der Waals surface area (Å²) in [5, 5.41) is 5.61. The average Bonchev–Trinajstić information content (AvgIpc) is 2.51. The number of benzene rings is 2. The first-order valence-electron chi connectivity index (χ1n) is 7.82. The number of carbonyl (C=O) groups is 2. The van der Waals surface area contributed by atoms with Crippen molar-refractivity contribution in [2.24, 2.45) is 0 Å². The molecule has 0 radical (unpaired) electrons. The zero-order chi connectivity index (χ0) is 17.7. The van der Waals surface area contributed by atoms with Gasteiger partial charge in [0.2, 0.25) is 11.8 Å². The Labute approximate surface area is 150 Å². The first-order chi connectivity index (χ1) is 11.4. The van der Waals surface area contributed by atoms with Gasteiger partial charge >= 0.3 is 0 Å². The Morgan fingerprint density at radius 2 is 1.67 bits per heavy atom. The van der Waals surface area contributed by atoms with E-state index in [4.69, 9.17) is 0 Å². The van der Waals surface area contributed by atoms with Crippen LogP contribution in [0.2, 0.25) is 0 Å². The molecule has 126 valence electrons. The maximum absolute atomic E-state index is 12.2. The minimum absolute atomic E-state index is 0.229. The van der Waals surface area contributed by atoms with E-state index >= 15 is 0 Å². The van der Waals surface area contributed by atoms with Crippen LogP contribution in [0.25, 0.3) is 0 Å². The molecule has 0 heterocycles. The molecule has 4 nitrogen and oxygen atoms in total. The summed E-state index contributed by atoms with van der Waals surface area (Å²) in [7, 11) is 0. The van der Waals surface area contributed by atoms with Gasteiger partial charge in [-0.1, -0.05) is 44.2 Å². The highest BCUT2D eigenvalue weighted by Gasteiger charge is 2.15. The number of halogens is 1. The fourth-order valence-corrected chi connectivity index (χ4v) is 2.81. The lowest BCUT2D eigenvalue weighted by Crippen LogP contribution is -2.22. The molecule has 2 amide bonds. The van der Waals surface area contributed by atoms with Crippen LogP contribution in [0.15, 0.2) is 46.9 Å². The summed E-state index contributed by atoms with van der Waals surface area (Å²) in [6.07, 6.45) is -0.229. The third-order valence-electron chi connectivity index (χ3n) is 3.66. The number of anilines is 2. The number of aryl methyl sites for hydroxylation is 1. The highest BCUT2D eigenvalue weighted by atomic mass is 79.9. The van der Waals surface area contributed by atoms with Gasteiger partial charge in [0.1, 0.15) is 6.42 Å². The summed E-state index contributed by atoms with van der Waals surface area (Å²) < 4.78 is 0.778. The molecule has 24 heavy (non-hydrogen) atoms. The molecule has 0 spiro atoms. The minimum Gasteiger partial charge on any atom is -0.325 e. The molecule has 0 atom stereocenters. The van der Waals surface area contributed by atoms with Gasteiger partial charge in [-0.3, -0.25) is 9.59 Å². The van der Waals surface area contributed by atoms with Crippen molar-refractivity contribution in [1.82, 2.24) is 0 Å². The Morgan fingerprint density at radius 3 is 2.33 bits per heavy atom. The number of hydrogen-bond acceptors (Lipinski definition) is 2. The van der Waals surface area contributed by atoms with Crippen LogP contribution >= 0.6 is 15.9 Å². The fourth-order valence-electron chi connectivity index (χ4n) is 2.43. The SMILES string of the molecule is Cc1cccc(C(C)C)c1NC(=O)CC(=O)Nc1ccccc1Br. The molecule has 0 saturated heterocycles. The van der Waals surface area contributed by atoms with Gasteiger partial charge in [-0.2, -0.15) is 0 Å². The molecule has 0 aliphatic rings. The first kappa shape index (κ1) is 18.2. The Balaban J connectivity index is 2.04. The zero-order valence-electron chi connectivity index (χ0n) is 14.0. The molecule has 2 N–H and O–H groups in total. The van der Waals surface area contributed by atoms with E-state index < -0.39 is 0 Å². The minimum atomic E-state index is -0.348. The second-order valence-corrected chi connectivity index (χ2v) is 6.80. The smallest absolute Gasteiger partial charge is 0.233 e. The van der Waals surface area contributed by atoms with Crippen LogP contribution in [0.1, 0.15) is 37.3 Å². The Hall–Kier alpha value is -2.14. The molecule has 0 aromatic heterocycles. The molecule has 2 aromatic carbocycles. The standard InChI is InChI=1S/C19H21BrN2O2/c1-12(2)14-8-6-7-13(3)19(14)22-18(24)11-17(23)21-16-10-5-4-9-15(16)20/h4-10,12H,11H2,1-3H3,(H,21,23)(H,22,24). The van der Waals surface area contributed by atoms with Gasteiger partial charge < -0.3 is 10.6 Å². The van der Waals surface area contributed by atoms with Crippen molar-refractivity contribution in [1.29, 1.82) is 0 Å². The van der Waals surface area contributed by atoms with Gasteiger partial charge in [0.15, 0.2) is 0 Å². The van der Waals surface area contributed by atoms with Gasteiger partial charge in [0, 0.05) is 10.2 Å². The molecule has 5 heteroatoms. The Kier molecular flexibility index (Phi) is 6.15. The third kappa shape index (κ3) is 4.68. The van der Waals surface area contributed by atoms with E-state index in [0.717, 1.165) is 21.3 Å². The lowest BCUT2D eigenvalue weighted by atomic mass is 9.98. The molecule has 2 aromatic rings. The van der Waals surface area contributed by atoms with Gasteiger partial charge in [0.05, 0.1) is 5.69 Å². The van der Waals surface area contributed by atoms with E-state index in [-0.39, 0.29) is 24.2 Å². The molecule has 0 aliphatic heterocycles. The summed E-state index contributed by atoms with van der Waals surface area (Å²) in [6, 6.07) is 13.2. The monoisotopic (exact) mass is 388 g/mol. The second kappa shape index (κ2) is 8.11. The van der Waals surface area contributed by atoms with Crippen molar-refractivity contribution in [3.05, 3.63) is 58.1 Å².